The van der Waals surface area contributed by atoms with E-state index in [1.54, 1.807) is 35.2 Å². The first-order valence-electron chi connectivity index (χ1n) is 7.88. The molecular formula is C18H18N2O4. The van der Waals surface area contributed by atoms with Gasteiger partial charge in [-0.2, -0.15) is 0 Å². The quantitative estimate of drug-likeness (QED) is 0.675. The molecule has 3 rings (SSSR count). The molecule has 124 valence electrons. The van der Waals surface area contributed by atoms with Crippen molar-refractivity contribution < 1.29 is 19.1 Å². The summed E-state index contributed by atoms with van der Waals surface area (Å²) in [7, 11) is 0. The van der Waals surface area contributed by atoms with Gasteiger partial charge in [-0.1, -0.05) is 18.2 Å². The van der Waals surface area contributed by atoms with Gasteiger partial charge in [-0.25, -0.2) is 4.79 Å². The fourth-order valence-electron chi connectivity index (χ4n) is 2.64. The van der Waals surface area contributed by atoms with Crippen LogP contribution in [-0.2, 0) is 4.74 Å². The van der Waals surface area contributed by atoms with Crippen molar-refractivity contribution in [3.8, 4) is 0 Å². The summed E-state index contributed by atoms with van der Waals surface area (Å²) in [5.74, 6) is -1.00. The number of likely N-dealkylation sites (tertiary alicyclic amines) is 1. The van der Waals surface area contributed by atoms with Gasteiger partial charge in [0.05, 0.1) is 5.56 Å². The molecule has 0 radical (unpaired) electrons. The van der Waals surface area contributed by atoms with Crippen LogP contribution in [-0.4, -0.2) is 47.2 Å². The van der Waals surface area contributed by atoms with Crippen LogP contribution in [0.25, 0.3) is 0 Å². The number of nitrogens with zero attached hydrogens (tertiary/aromatic N) is 1. The number of rotatable bonds is 5. The normalized spacial score (nSPS) is 13.8. The number of aromatic amines is 1. The highest BCUT2D eigenvalue weighted by Crippen LogP contribution is 2.13. The van der Waals surface area contributed by atoms with Gasteiger partial charge in [-0.05, 0) is 31.0 Å². The van der Waals surface area contributed by atoms with Crippen LogP contribution in [0.3, 0.4) is 0 Å². The first-order chi connectivity index (χ1) is 11.6. The summed E-state index contributed by atoms with van der Waals surface area (Å²) in [5, 5.41) is 0. The number of esters is 1. The Labute approximate surface area is 139 Å². The van der Waals surface area contributed by atoms with E-state index in [4.69, 9.17) is 4.74 Å². The Morgan fingerprint density at radius 1 is 1.04 bits per heavy atom. The predicted octanol–water partition coefficient (Wildman–Crippen LogP) is 2.29. The molecule has 24 heavy (non-hydrogen) atoms. The first-order valence-corrected chi connectivity index (χ1v) is 7.88. The van der Waals surface area contributed by atoms with Gasteiger partial charge in [0.2, 0.25) is 5.78 Å². The maximum atomic E-state index is 12.2. The van der Waals surface area contributed by atoms with Gasteiger partial charge in [0.25, 0.3) is 5.91 Å². The zero-order chi connectivity index (χ0) is 16.9. The van der Waals surface area contributed by atoms with Crippen LogP contribution < -0.4 is 0 Å². The standard InChI is InChI=1S/C18H18N2O4/c21-16(12-24-18(23)13-6-2-1-3-7-13)14-10-15(19-11-14)17(22)20-8-4-5-9-20/h1-3,6-7,10-11,19H,4-5,8-9,12H2. The molecule has 2 aromatic rings. The largest absolute Gasteiger partial charge is 0.454 e. The number of amides is 1. The third-order valence-corrected chi connectivity index (χ3v) is 3.97. The fourth-order valence-corrected chi connectivity index (χ4v) is 2.64. The van der Waals surface area contributed by atoms with E-state index >= 15 is 0 Å². The summed E-state index contributed by atoms with van der Waals surface area (Å²) in [6.07, 6.45) is 3.49. The average molecular weight is 326 g/mol. The van der Waals surface area contributed by atoms with E-state index in [0.29, 0.717) is 16.8 Å². The van der Waals surface area contributed by atoms with E-state index in [2.05, 4.69) is 4.98 Å². The number of aromatic nitrogens is 1. The van der Waals surface area contributed by atoms with Gasteiger partial charge in [0.15, 0.2) is 6.61 Å². The first kappa shape index (κ1) is 16.0. The summed E-state index contributed by atoms with van der Waals surface area (Å²) in [6.45, 7) is 1.13. The van der Waals surface area contributed by atoms with E-state index in [1.165, 1.54) is 12.3 Å². The monoisotopic (exact) mass is 326 g/mol. The molecule has 0 unspecified atom stereocenters. The van der Waals surface area contributed by atoms with Crippen LogP contribution in [0.15, 0.2) is 42.6 Å². The highest BCUT2D eigenvalue weighted by Gasteiger charge is 2.22. The summed E-state index contributed by atoms with van der Waals surface area (Å²) < 4.78 is 5.02. The second-order valence-electron chi connectivity index (χ2n) is 5.67. The topological polar surface area (TPSA) is 79.5 Å². The molecule has 6 heteroatoms. The minimum atomic E-state index is -0.548. The molecule has 1 fully saturated rings. The molecule has 1 amide bonds. The van der Waals surface area contributed by atoms with Gasteiger partial charge in [-0.15, -0.1) is 0 Å². The lowest BCUT2D eigenvalue weighted by molar-refractivity contribution is 0.0474. The van der Waals surface area contributed by atoms with E-state index in [1.807, 2.05) is 0 Å². The Morgan fingerprint density at radius 2 is 1.75 bits per heavy atom. The smallest absolute Gasteiger partial charge is 0.338 e. The Kier molecular flexibility index (Phi) is 4.74. The van der Waals surface area contributed by atoms with Crippen LogP contribution in [0.5, 0.6) is 0 Å². The molecule has 0 saturated carbocycles. The minimum absolute atomic E-state index is 0.104. The SMILES string of the molecule is O=C(COC(=O)c1ccccc1)c1c[nH]c(C(=O)N2CCCC2)c1. The Bertz CT molecular complexity index is 745. The van der Waals surface area contributed by atoms with Crippen molar-refractivity contribution in [3.63, 3.8) is 0 Å². The minimum Gasteiger partial charge on any atom is -0.454 e. The highest BCUT2D eigenvalue weighted by molar-refractivity contribution is 6.02. The average Bonchev–Trinajstić information content (AvgIpc) is 3.31. The number of nitrogens with one attached hydrogen (secondary N) is 1. The lowest BCUT2D eigenvalue weighted by Crippen LogP contribution is -2.27. The maximum Gasteiger partial charge on any atom is 0.338 e. The number of carbonyl (C=O) groups is 3. The molecule has 1 N–H and O–H groups in total. The van der Waals surface area contributed by atoms with Gasteiger partial charge in [0.1, 0.15) is 5.69 Å². The summed E-state index contributed by atoms with van der Waals surface area (Å²) in [4.78, 5) is 40.8. The lowest BCUT2D eigenvalue weighted by atomic mass is 10.2. The zero-order valence-electron chi connectivity index (χ0n) is 13.2. The third-order valence-electron chi connectivity index (χ3n) is 3.97. The molecule has 1 aliphatic rings. The van der Waals surface area contributed by atoms with Crippen molar-refractivity contribution in [2.24, 2.45) is 0 Å². The number of carbonyl (C=O) groups excluding carboxylic acids is 3. The van der Waals surface area contributed by atoms with Gasteiger partial charge in [0, 0.05) is 24.8 Å². The van der Waals surface area contributed by atoms with E-state index < -0.39 is 5.97 Å². The maximum absolute atomic E-state index is 12.2. The Balaban J connectivity index is 1.57. The molecule has 1 aromatic carbocycles. The van der Waals surface area contributed by atoms with E-state index in [0.717, 1.165) is 25.9 Å². The number of H-pyrrole nitrogens is 1. The lowest BCUT2D eigenvalue weighted by Gasteiger charge is -2.13. The molecule has 2 heterocycles. The molecular weight excluding hydrogens is 308 g/mol. The van der Waals surface area contributed by atoms with Crippen molar-refractivity contribution in [1.29, 1.82) is 0 Å². The van der Waals surface area contributed by atoms with Crippen molar-refractivity contribution in [2.45, 2.75) is 12.8 Å². The molecule has 1 aromatic heterocycles. The van der Waals surface area contributed by atoms with Crippen molar-refractivity contribution >= 4 is 17.7 Å². The molecule has 0 aliphatic carbocycles. The third kappa shape index (κ3) is 3.53. The molecule has 6 nitrogen and oxygen atoms in total. The fraction of sp³-hybridized carbons (Fsp3) is 0.278. The van der Waals surface area contributed by atoms with Crippen LogP contribution >= 0.6 is 0 Å². The van der Waals surface area contributed by atoms with E-state index in [9.17, 15) is 14.4 Å². The van der Waals surface area contributed by atoms with Gasteiger partial charge >= 0.3 is 5.97 Å². The number of benzene rings is 1. The Hall–Kier alpha value is -2.89. The molecule has 1 aliphatic heterocycles. The zero-order valence-corrected chi connectivity index (χ0v) is 13.2. The number of ether oxygens (including phenoxy) is 1. The van der Waals surface area contributed by atoms with Gasteiger partial charge in [-0.3, -0.25) is 9.59 Å². The van der Waals surface area contributed by atoms with Crippen molar-refractivity contribution in [1.82, 2.24) is 9.88 Å². The van der Waals surface area contributed by atoms with E-state index in [-0.39, 0.29) is 18.3 Å². The summed E-state index contributed by atoms with van der Waals surface area (Å²) in [6, 6.07) is 9.99. The number of Topliss-reactive ketones (excluding diaryl/α,β-unsaturated/α-hetero) is 1. The molecule has 1 saturated heterocycles. The van der Waals surface area contributed by atoms with Crippen molar-refractivity contribution in [3.05, 3.63) is 59.4 Å². The Morgan fingerprint density at radius 3 is 2.46 bits per heavy atom. The van der Waals surface area contributed by atoms with Crippen LogP contribution in [0.4, 0.5) is 0 Å². The summed E-state index contributed by atoms with van der Waals surface area (Å²) >= 11 is 0. The summed E-state index contributed by atoms with van der Waals surface area (Å²) in [5.41, 5.74) is 1.11. The molecule has 0 atom stereocenters. The van der Waals surface area contributed by atoms with Crippen LogP contribution in [0, 0.1) is 0 Å². The second-order valence-corrected chi connectivity index (χ2v) is 5.67. The van der Waals surface area contributed by atoms with Crippen LogP contribution in [0.2, 0.25) is 0 Å². The van der Waals surface area contributed by atoms with Gasteiger partial charge < -0.3 is 14.6 Å². The van der Waals surface area contributed by atoms with Crippen LogP contribution in [0.1, 0.15) is 44.0 Å². The highest BCUT2D eigenvalue weighted by atomic mass is 16.5. The number of hydrogen-bond acceptors (Lipinski definition) is 4. The molecule has 0 bridgehead atoms. The second kappa shape index (κ2) is 7.12. The van der Waals surface area contributed by atoms with Crippen molar-refractivity contribution in [2.75, 3.05) is 19.7 Å². The number of ketones is 1. The molecule has 0 spiro atoms. The number of hydrogen-bond donors (Lipinski definition) is 1. The predicted molar refractivity (Wildman–Crippen MR) is 87.0 cm³/mol.